The van der Waals surface area contributed by atoms with Gasteiger partial charge in [-0.05, 0) is 24.0 Å². The van der Waals surface area contributed by atoms with Crippen LogP contribution >= 0.6 is 15.6 Å². The highest BCUT2D eigenvalue weighted by Gasteiger charge is 2.27. The molecule has 0 fully saturated rings. The molecule has 126 valence electrons. The van der Waals surface area contributed by atoms with Gasteiger partial charge >= 0.3 is 15.6 Å². The van der Waals surface area contributed by atoms with Crippen LogP contribution in [0.5, 0.6) is 0 Å². The summed E-state index contributed by atoms with van der Waals surface area (Å²) in [6.45, 7) is 0. The number of hydrogen-bond acceptors (Lipinski definition) is 3. The average Bonchev–Trinajstić information content (AvgIpc) is 2.44. The van der Waals surface area contributed by atoms with Crippen molar-refractivity contribution in [2.24, 2.45) is 0 Å². The lowest BCUT2D eigenvalue weighted by Crippen LogP contribution is -1.89. The summed E-state index contributed by atoms with van der Waals surface area (Å²) in [5.74, 6) is 0. The molecule has 0 saturated heterocycles. The van der Waals surface area contributed by atoms with Gasteiger partial charge in [-0.3, -0.25) is 0 Å². The van der Waals surface area contributed by atoms with E-state index in [1.165, 1.54) is 11.1 Å². The van der Waals surface area contributed by atoms with E-state index >= 15 is 0 Å². The second kappa shape index (κ2) is 9.11. The molecular formula is C14H18O7P2. The molecular weight excluding hydrogens is 342 g/mol. The van der Waals surface area contributed by atoms with Crippen LogP contribution in [0.2, 0.25) is 0 Å². The molecule has 0 aliphatic heterocycles. The summed E-state index contributed by atoms with van der Waals surface area (Å²) < 4.78 is 22.2. The van der Waals surface area contributed by atoms with E-state index in [0.717, 1.165) is 12.8 Å². The third-order valence-corrected chi connectivity index (χ3v) is 4.30. The van der Waals surface area contributed by atoms with E-state index in [0.29, 0.717) is 0 Å². The zero-order valence-corrected chi connectivity index (χ0v) is 13.9. The highest BCUT2D eigenvalue weighted by Crippen LogP contribution is 2.53. The van der Waals surface area contributed by atoms with Gasteiger partial charge in [-0.2, -0.15) is 4.31 Å². The maximum atomic E-state index is 9.63. The molecule has 0 aliphatic rings. The van der Waals surface area contributed by atoms with Gasteiger partial charge in [0.05, 0.1) is 0 Å². The Morgan fingerprint density at radius 1 is 0.652 bits per heavy atom. The lowest BCUT2D eigenvalue weighted by Gasteiger charge is -2.03. The Morgan fingerprint density at radius 3 is 1.17 bits per heavy atom. The molecule has 9 heteroatoms. The minimum Gasteiger partial charge on any atom is -0.302 e. The van der Waals surface area contributed by atoms with Crippen molar-refractivity contribution < 1.29 is 33.0 Å². The predicted molar refractivity (Wildman–Crippen MR) is 85.5 cm³/mol. The van der Waals surface area contributed by atoms with Gasteiger partial charge < -0.3 is 19.6 Å². The first kappa shape index (κ1) is 19.7. The molecule has 0 bridgehead atoms. The molecule has 0 amide bonds. The first-order chi connectivity index (χ1) is 10.7. The molecule has 2 aromatic rings. The SMILES string of the molecule is O=P(O)(O)OP(=O)(O)O.c1ccc(CCc2ccccc2)cc1. The van der Waals surface area contributed by atoms with Gasteiger partial charge in [0.15, 0.2) is 0 Å². The van der Waals surface area contributed by atoms with Gasteiger partial charge in [-0.25, -0.2) is 9.13 Å². The standard InChI is InChI=1S/C14H14.H4O7P2/c1-3-7-13(8-4-1)11-12-14-9-5-2-6-10-14;1-8(2,3)7-9(4,5)6/h1-10H,11-12H2;(H2,1,2,3)(H2,4,5,6). The fourth-order valence-electron chi connectivity index (χ4n) is 1.72. The van der Waals surface area contributed by atoms with Crippen LogP contribution in [0.15, 0.2) is 60.7 Å². The molecule has 23 heavy (non-hydrogen) atoms. The Balaban J connectivity index is 0.000000257. The Bertz CT molecular complexity index is 605. The van der Waals surface area contributed by atoms with Crippen LogP contribution in [-0.2, 0) is 26.3 Å². The van der Waals surface area contributed by atoms with Crippen molar-refractivity contribution in [3.8, 4) is 0 Å². The van der Waals surface area contributed by atoms with Crippen LogP contribution in [0.25, 0.3) is 0 Å². The van der Waals surface area contributed by atoms with Crippen LogP contribution in [0, 0.1) is 0 Å². The number of hydrogen-bond donors (Lipinski definition) is 4. The van der Waals surface area contributed by atoms with Gasteiger partial charge in [0, 0.05) is 0 Å². The van der Waals surface area contributed by atoms with Crippen LogP contribution in [0.3, 0.4) is 0 Å². The number of phosphoric acid groups is 2. The Hall–Kier alpha value is -1.30. The van der Waals surface area contributed by atoms with Crippen molar-refractivity contribution in [1.29, 1.82) is 0 Å². The van der Waals surface area contributed by atoms with E-state index in [2.05, 4.69) is 65.0 Å². The molecule has 7 nitrogen and oxygen atoms in total. The lowest BCUT2D eigenvalue weighted by atomic mass is 10.0. The first-order valence-corrected chi connectivity index (χ1v) is 9.62. The monoisotopic (exact) mass is 360 g/mol. The summed E-state index contributed by atoms with van der Waals surface area (Å²) in [6, 6.07) is 21.2. The molecule has 0 radical (unpaired) electrons. The summed E-state index contributed by atoms with van der Waals surface area (Å²) in [4.78, 5) is 31.0. The van der Waals surface area contributed by atoms with E-state index in [4.69, 9.17) is 19.6 Å². The highest BCUT2D eigenvalue weighted by molar-refractivity contribution is 7.60. The van der Waals surface area contributed by atoms with Crippen molar-refractivity contribution in [2.45, 2.75) is 12.8 Å². The molecule has 4 N–H and O–H groups in total. The third kappa shape index (κ3) is 11.0. The van der Waals surface area contributed by atoms with E-state index < -0.39 is 15.6 Å². The van der Waals surface area contributed by atoms with Crippen molar-refractivity contribution in [3.63, 3.8) is 0 Å². The van der Waals surface area contributed by atoms with Crippen LogP contribution in [-0.4, -0.2) is 19.6 Å². The van der Waals surface area contributed by atoms with Crippen molar-refractivity contribution in [3.05, 3.63) is 71.8 Å². The average molecular weight is 360 g/mol. The highest BCUT2D eigenvalue weighted by atomic mass is 31.3. The lowest BCUT2D eigenvalue weighted by molar-refractivity contribution is 0.225. The van der Waals surface area contributed by atoms with Crippen LogP contribution in [0.1, 0.15) is 11.1 Å². The molecule has 0 atom stereocenters. The molecule has 0 saturated carbocycles. The quantitative estimate of drug-likeness (QED) is 0.604. The summed E-state index contributed by atoms with van der Waals surface area (Å²) >= 11 is 0. The second-order valence-corrected chi connectivity index (χ2v) is 7.15. The van der Waals surface area contributed by atoms with Gasteiger partial charge in [-0.15, -0.1) is 0 Å². The van der Waals surface area contributed by atoms with E-state index in [-0.39, 0.29) is 0 Å². The largest absolute Gasteiger partial charge is 0.478 e. The third-order valence-electron chi connectivity index (χ3n) is 2.60. The summed E-state index contributed by atoms with van der Waals surface area (Å²) in [6.07, 6.45) is 2.26. The maximum Gasteiger partial charge on any atom is 0.478 e. The fraction of sp³-hybridized carbons (Fsp3) is 0.143. The summed E-state index contributed by atoms with van der Waals surface area (Å²) in [5.41, 5.74) is 2.83. The zero-order chi connectivity index (χ0) is 17.3. The molecule has 0 heterocycles. The minimum atomic E-state index is -5.05. The van der Waals surface area contributed by atoms with E-state index in [1.807, 2.05) is 0 Å². The molecule has 2 rings (SSSR count). The molecule has 0 unspecified atom stereocenters. The van der Waals surface area contributed by atoms with Crippen molar-refractivity contribution >= 4 is 15.6 Å². The van der Waals surface area contributed by atoms with Gasteiger partial charge in [0.1, 0.15) is 0 Å². The second-order valence-electron chi connectivity index (χ2n) is 4.53. The fourth-order valence-corrected chi connectivity index (χ4v) is 2.83. The summed E-state index contributed by atoms with van der Waals surface area (Å²) in [7, 11) is -10.1. The van der Waals surface area contributed by atoms with E-state index in [9.17, 15) is 9.13 Å². The molecule has 0 aromatic heterocycles. The van der Waals surface area contributed by atoms with Crippen LogP contribution < -0.4 is 0 Å². The van der Waals surface area contributed by atoms with E-state index in [1.54, 1.807) is 0 Å². The molecule has 2 aromatic carbocycles. The summed E-state index contributed by atoms with van der Waals surface area (Å²) in [5, 5.41) is 0. The number of rotatable bonds is 5. The predicted octanol–water partition coefficient (Wildman–Crippen LogP) is 2.66. The van der Waals surface area contributed by atoms with Crippen molar-refractivity contribution in [1.82, 2.24) is 0 Å². The normalized spacial score (nSPS) is 11.5. The zero-order valence-electron chi connectivity index (χ0n) is 12.1. The number of aryl methyl sites for hydroxylation is 2. The van der Waals surface area contributed by atoms with Gasteiger partial charge in [0.25, 0.3) is 0 Å². The Morgan fingerprint density at radius 2 is 0.957 bits per heavy atom. The van der Waals surface area contributed by atoms with Gasteiger partial charge in [-0.1, -0.05) is 60.7 Å². The van der Waals surface area contributed by atoms with Crippen molar-refractivity contribution in [2.75, 3.05) is 0 Å². The maximum absolute atomic E-state index is 9.63. The Kier molecular flexibility index (Phi) is 7.82. The smallest absolute Gasteiger partial charge is 0.302 e. The minimum absolute atomic E-state index is 1.13. The first-order valence-electron chi connectivity index (χ1n) is 6.56. The molecule has 0 spiro atoms. The van der Waals surface area contributed by atoms with Gasteiger partial charge in [0.2, 0.25) is 0 Å². The topological polar surface area (TPSA) is 124 Å². The molecule has 0 aliphatic carbocycles. The Labute approximate surface area is 134 Å². The van der Waals surface area contributed by atoms with Crippen LogP contribution in [0.4, 0.5) is 0 Å². The number of benzene rings is 2.